The molecule has 5 nitrogen and oxygen atoms in total. The number of halogens is 3. The SMILES string of the molecule is Nc1cc(Br)c(S(=O)(=O)Nc2cc(Cl)ccn2)c(Br)c1. The Labute approximate surface area is 137 Å². The predicted octanol–water partition coefficient (Wildman–Crippen LogP) is 3.64. The number of anilines is 2. The average molecular weight is 442 g/mol. The first-order chi connectivity index (χ1) is 9.29. The number of nitrogens with zero attached hydrogens (tertiary/aromatic N) is 1. The molecule has 106 valence electrons. The smallest absolute Gasteiger partial charge is 0.265 e. The third kappa shape index (κ3) is 3.43. The number of aromatic nitrogens is 1. The first kappa shape index (κ1) is 15.6. The van der Waals surface area contributed by atoms with Crippen LogP contribution in [-0.4, -0.2) is 13.4 Å². The van der Waals surface area contributed by atoms with Gasteiger partial charge in [0.2, 0.25) is 0 Å². The summed E-state index contributed by atoms with van der Waals surface area (Å²) < 4.78 is 27.8. The second kappa shape index (κ2) is 5.88. The molecule has 0 bridgehead atoms. The van der Waals surface area contributed by atoms with Crippen LogP contribution < -0.4 is 10.5 Å². The first-order valence-corrected chi connectivity index (χ1v) is 8.63. The van der Waals surface area contributed by atoms with E-state index in [9.17, 15) is 8.42 Å². The second-order valence-corrected chi connectivity index (χ2v) is 7.54. The maximum atomic E-state index is 12.4. The molecule has 0 radical (unpaired) electrons. The molecule has 0 spiro atoms. The molecule has 0 aliphatic carbocycles. The van der Waals surface area contributed by atoms with Crippen LogP contribution in [0.3, 0.4) is 0 Å². The molecule has 0 aliphatic heterocycles. The summed E-state index contributed by atoms with van der Waals surface area (Å²) in [5, 5.41) is 0.383. The molecule has 2 aromatic rings. The van der Waals surface area contributed by atoms with Crippen LogP contribution in [0.5, 0.6) is 0 Å². The lowest BCUT2D eigenvalue weighted by molar-refractivity contribution is 0.600. The first-order valence-electron chi connectivity index (χ1n) is 5.18. The highest BCUT2D eigenvalue weighted by Gasteiger charge is 2.22. The number of nitrogens with two attached hydrogens (primary N) is 1. The predicted molar refractivity (Wildman–Crippen MR) is 86.3 cm³/mol. The molecule has 20 heavy (non-hydrogen) atoms. The summed E-state index contributed by atoms with van der Waals surface area (Å²) in [7, 11) is -3.83. The summed E-state index contributed by atoms with van der Waals surface area (Å²) in [5.41, 5.74) is 6.07. The molecular formula is C11H8Br2ClN3O2S. The molecule has 1 aromatic heterocycles. The van der Waals surface area contributed by atoms with Gasteiger partial charge in [-0.25, -0.2) is 13.4 Å². The van der Waals surface area contributed by atoms with Crippen molar-refractivity contribution in [1.29, 1.82) is 0 Å². The van der Waals surface area contributed by atoms with E-state index < -0.39 is 10.0 Å². The van der Waals surface area contributed by atoms with Crippen molar-refractivity contribution in [1.82, 2.24) is 4.98 Å². The highest BCUT2D eigenvalue weighted by atomic mass is 79.9. The highest BCUT2D eigenvalue weighted by molar-refractivity contribution is 9.11. The molecule has 0 fully saturated rings. The largest absolute Gasteiger partial charge is 0.399 e. The van der Waals surface area contributed by atoms with E-state index in [1.54, 1.807) is 6.07 Å². The van der Waals surface area contributed by atoms with E-state index in [-0.39, 0.29) is 10.7 Å². The van der Waals surface area contributed by atoms with E-state index in [2.05, 4.69) is 41.6 Å². The number of rotatable bonds is 3. The lowest BCUT2D eigenvalue weighted by atomic mass is 10.3. The van der Waals surface area contributed by atoms with E-state index >= 15 is 0 Å². The quantitative estimate of drug-likeness (QED) is 0.712. The Morgan fingerprint density at radius 3 is 2.35 bits per heavy atom. The van der Waals surface area contributed by atoms with E-state index in [1.807, 2.05) is 0 Å². The molecule has 0 atom stereocenters. The third-order valence-corrected chi connectivity index (χ3v) is 5.72. The lowest BCUT2D eigenvalue weighted by Crippen LogP contribution is -2.15. The maximum Gasteiger partial charge on any atom is 0.265 e. The zero-order valence-corrected chi connectivity index (χ0v) is 14.5. The minimum Gasteiger partial charge on any atom is -0.399 e. The number of benzene rings is 1. The van der Waals surface area contributed by atoms with Gasteiger partial charge < -0.3 is 5.73 Å². The van der Waals surface area contributed by atoms with Gasteiger partial charge >= 0.3 is 0 Å². The highest BCUT2D eigenvalue weighted by Crippen LogP contribution is 2.33. The zero-order valence-electron chi connectivity index (χ0n) is 9.77. The molecule has 0 amide bonds. The van der Waals surface area contributed by atoms with Crippen LogP contribution in [0.4, 0.5) is 11.5 Å². The molecule has 1 aromatic carbocycles. The Balaban J connectivity index is 2.46. The van der Waals surface area contributed by atoms with Gasteiger partial charge in [-0.15, -0.1) is 0 Å². The van der Waals surface area contributed by atoms with Gasteiger partial charge in [0.05, 0.1) is 0 Å². The van der Waals surface area contributed by atoms with E-state index in [4.69, 9.17) is 17.3 Å². The topological polar surface area (TPSA) is 85.1 Å². The number of sulfonamides is 1. The van der Waals surface area contributed by atoms with Gasteiger partial charge in [0.1, 0.15) is 10.7 Å². The number of nitrogen functional groups attached to an aromatic ring is 1. The summed E-state index contributed by atoms with van der Waals surface area (Å²) in [4.78, 5) is 3.93. The molecule has 3 N–H and O–H groups in total. The van der Waals surface area contributed by atoms with Gasteiger partial charge in [-0.3, -0.25) is 4.72 Å². The standard InChI is InChI=1S/C11H8Br2ClN3O2S/c12-8-4-7(15)5-9(13)11(8)20(18,19)17-10-3-6(14)1-2-16-10/h1-5H,15H2,(H,16,17). The fourth-order valence-electron chi connectivity index (χ4n) is 1.49. The van der Waals surface area contributed by atoms with Crippen LogP contribution in [0.2, 0.25) is 5.02 Å². The maximum absolute atomic E-state index is 12.4. The van der Waals surface area contributed by atoms with Crippen LogP contribution >= 0.6 is 43.5 Å². The number of hydrogen-bond donors (Lipinski definition) is 2. The van der Waals surface area contributed by atoms with Gasteiger partial charge in [-0.1, -0.05) is 11.6 Å². The van der Waals surface area contributed by atoms with Gasteiger partial charge in [0.25, 0.3) is 10.0 Å². The fourth-order valence-corrected chi connectivity index (χ4v) is 5.27. The Kier molecular flexibility index (Phi) is 4.58. The lowest BCUT2D eigenvalue weighted by Gasteiger charge is -2.11. The van der Waals surface area contributed by atoms with Gasteiger partial charge in [-0.05, 0) is 50.1 Å². The van der Waals surface area contributed by atoms with Crippen LogP contribution in [0, 0.1) is 0 Å². The Morgan fingerprint density at radius 1 is 1.20 bits per heavy atom. The zero-order chi connectivity index (χ0) is 14.9. The van der Waals surface area contributed by atoms with Crippen LogP contribution in [0.15, 0.2) is 44.3 Å². The van der Waals surface area contributed by atoms with Gasteiger partial charge in [-0.2, -0.15) is 0 Å². The summed E-state index contributed by atoms with van der Waals surface area (Å²) in [6, 6.07) is 5.97. The van der Waals surface area contributed by atoms with Crippen molar-refractivity contribution in [2.45, 2.75) is 4.90 Å². The Morgan fingerprint density at radius 2 is 1.80 bits per heavy atom. The van der Waals surface area contributed by atoms with Gasteiger partial charge in [0, 0.05) is 31.9 Å². The van der Waals surface area contributed by atoms with Crippen molar-refractivity contribution in [2.75, 3.05) is 10.5 Å². The van der Waals surface area contributed by atoms with Crippen LogP contribution in [-0.2, 0) is 10.0 Å². The average Bonchev–Trinajstić information content (AvgIpc) is 2.25. The van der Waals surface area contributed by atoms with Crippen LogP contribution in [0.25, 0.3) is 0 Å². The minimum atomic E-state index is -3.83. The second-order valence-electron chi connectivity index (χ2n) is 3.78. The van der Waals surface area contributed by atoms with Gasteiger partial charge in [0.15, 0.2) is 0 Å². The van der Waals surface area contributed by atoms with Crippen molar-refractivity contribution >= 4 is 65.0 Å². The van der Waals surface area contributed by atoms with E-state index in [0.717, 1.165) is 0 Å². The van der Waals surface area contributed by atoms with Crippen molar-refractivity contribution in [3.8, 4) is 0 Å². The fraction of sp³-hybridized carbons (Fsp3) is 0. The summed E-state index contributed by atoms with van der Waals surface area (Å²) >= 11 is 12.2. The van der Waals surface area contributed by atoms with Crippen molar-refractivity contribution in [3.05, 3.63) is 44.4 Å². The normalized spacial score (nSPS) is 11.3. The number of nitrogens with one attached hydrogen (secondary N) is 1. The van der Waals surface area contributed by atoms with Crippen molar-refractivity contribution in [2.24, 2.45) is 0 Å². The Bertz CT molecular complexity index is 745. The van der Waals surface area contributed by atoms with Crippen molar-refractivity contribution < 1.29 is 8.42 Å². The number of hydrogen-bond acceptors (Lipinski definition) is 4. The molecule has 0 unspecified atom stereocenters. The van der Waals surface area contributed by atoms with E-state index in [0.29, 0.717) is 19.7 Å². The molecule has 9 heteroatoms. The Hall–Kier alpha value is -0.830. The monoisotopic (exact) mass is 439 g/mol. The molecule has 2 rings (SSSR count). The molecule has 1 heterocycles. The molecular weight excluding hydrogens is 433 g/mol. The molecule has 0 saturated carbocycles. The summed E-state index contributed by atoms with van der Waals surface area (Å²) in [6.45, 7) is 0. The van der Waals surface area contributed by atoms with Crippen molar-refractivity contribution in [3.63, 3.8) is 0 Å². The molecule has 0 saturated heterocycles. The third-order valence-electron chi connectivity index (χ3n) is 2.25. The molecule has 0 aliphatic rings. The summed E-state index contributed by atoms with van der Waals surface area (Å²) in [6.07, 6.45) is 1.41. The summed E-state index contributed by atoms with van der Waals surface area (Å²) in [5.74, 6) is 0.133. The van der Waals surface area contributed by atoms with E-state index in [1.165, 1.54) is 24.4 Å². The van der Waals surface area contributed by atoms with Crippen LogP contribution in [0.1, 0.15) is 0 Å². The minimum absolute atomic E-state index is 0.0356. The number of pyridine rings is 1.